The number of urea groups is 2. The maximum Gasteiger partial charge on any atom is 0.533 e. The predicted molar refractivity (Wildman–Crippen MR) is 200 cm³/mol. The molecule has 1 fully saturated rings. The summed E-state index contributed by atoms with van der Waals surface area (Å²) in [7, 11) is 3.10. The zero-order valence-electron chi connectivity index (χ0n) is 29.2. The number of hydroxylamine groups is 2. The van der Waals surface area contributed by atoms with Gasteiger partial charge in [0.25, 0.3) is 11.8 Å². The van der Waals surface area contributed by atoms with Gasteiger partial charge in [0.05, 0.1) is 0 Å². The first-order valence-corrected chi connectivity index (χ1v) is 16.9. The third-order valence-corrected chi connectivity index (χ3v) is 9.07. The fraction of sp³-hybridized carbons (Fsp3) is 0.250. The first-order chi connectivity index (χ1) is 25.6. The minimum Gasteiger partial charge on any atom is -0.465 e. The van der Waals surface area contributed by atoms with Crippen LogP contribution >= 0.6 is 0 Å². The summed E-state index contributed by atoms with van der Waals surface area (Å²) < 4.78 is 10.5. The highest BCUT2D eigenvalue weighted by Gasteiger charge is 2.35. The number of carbonyl (C=O) groups excluding carboxylic acids is 6. The Morgan fingerprint density at radius 3 is 1.50 bits per heavy atom. The average molecular weight is 736 g/mol. The van der Waals surface area contributed by atoms with Gasteiger partial charge in [-0.3, -0.25) is 19.2 Å². The number of fused-ring (bicyclic) bond motifs is 6. The van der Waals surface area contributed by atoms with E-state index in [0.717, 1.165) is 44.5 Å². The second-order valence-electron chi connectivity index (χ2n) is 12.3. The van der Waals surface area contributed by atoms with Gasteiger partial charge in [0, 0.05) is 57.1 Å². The summed E-state index contributed by atoms with van der Waals surface area (Å²) in [4.78, 5) is 74.4. The largest absolute Gasteiger partial charge is 0.533 e. The van der Waals surface area contributed by atoms with E-state index in [2.05, 4.69) is 33.4 Å². The number of anilines is 2. The minimum atomic E-state index is -1.12. The molecule has 2 aliphatic carbocycles. The lowest BCUT2D eigenvalue weighted by molar-refractivity contribution is -0.177. The Kier molecular flexibility index (Phi) is 12.0. The number of hydrogen-bond acceptors (Lipinski definition) is 9. The van der Waals surface area contributed by atoms with Crippen LogP contribution in [0.5, 0.6) is 0 Å². The molecule has 4 N–H and O–H groups in total. The molecule has 0 saturated carbocycles. The van der Waals surface area contributed by atoms with Crippen molar-refractivity contribution in [1.82, 2.24) is 15.7 Å². The van der Waals surface area contributed by atoms with Crippen LogP contribution in [0.4, 0.5) is 25.8 Å². The summed E-state index contributed by atoms with van der Waals surface area (Å²) >= 11 is 0. The number of nitrogens with one attached hydrogen (secondary N) is 4. The molecule has 3 aliphatic rings. The lowest BCUT2D eigenvalue weighted by Crippen LogP contribution is -2.32. The molecule has 1 heterocycles. The summed E-state index contributed by atoms with van der Waals surface area (Å²) in [5.41, 5.74) is 9.58. The summed E-state index contributed by atoms with van der Waals surface area (Å²) in [5, 5.41) is 11.0. The molecule has 4 aromatic rings. The van der Waals surface area contributed by atoms with Gasteiger partial charge in [-0.25, -0.2) is 14.4 Å². The number of esters is 1. The SMILES string of the molecule is C.CNC(=O)Nc1ccc2c(c1)C(COC(=O)ON1C(=O)CCC1=O)c1ccccc1-2.CNC(=O)Nc1ccc2c(c1)C(COC(C)=O)c1ccccc1-2. The Morgan fingerprint density at radius 2 is 1.06 bits per heavy atom. The second-order valence-corrected chi connectivity index (χ2v) is 12.3. The van der Waals surface area contributed by atoms with Crippen molar-refractivity contribution in [2.75, 3.05) is 37.9 Å². The molecule has 54 heavy (non-hydrogen) atoms. The topological polar surface area (TPSA) is 181 Å². The average Bonchev–Trinajstić information content (AvgIpc) is 3.77. The van der Waals surface area contributed by atoms with E-state index in [4.69, 9.17) is 14.3 Å². The molecule has 6 amide bonds. The number of ether oxygens (including phenoxy) is 2. The van der Waals surface area contributed by atoms with E-state index in [0.29, 0.717) is 23.0 Å². The van der Waals surface area contributed by atoms with Crippen molar-refractivity contribution in [2.24, 2.45) is 0 Å². The summed E-state index contributed by atoms with van der Waals surface area (Å²) in [6.45, 7) is 1.65. The Balaban J connectivity index is 0.000000211. The van der Waals surface area contributed by atoms with E-state index in [1.807, 2.05) is 66.7 Å². The number of carbonyl (C=O) groups is 6. The summed E-state index contributed by atoms with van der Waals surface area (Å²) in [6.07, 6.45) is -1.10. The number of rotatable bonds is 7. The van der Waals surface area contributed by atoms with Gasteiger partial charge in [-0.15, -0.1) is 0 Å². The normalized spacial score (nSPS) is 15.5. The van der Waals surface area contributed by atoms with Gasteiger partial charge in [-0.05, 0) is 68.8 Å². The van der Waals surface area contributed by atoms with Crippen LogP contribution in [0.15, 0.2) is 84.9 Å². The molecular weight excluding hydrogens is 694 g/mol. The minimum absolute atomic E-state index is 0. The molecule has 14 nitrogen and oxygen atoms in total. The van der Waals surface area contributed by atoms with Gasteiger partial charge >= 0.3 is 24.2 Å². The van der Waals surface area contributed by atoms with Crippen molar-refractivity contribution in [1.29, 1.82) is 0 Å². The van der Waals surface area contributed by atoms with Crippen molar-refractivity contribution < 1.29 is 43.1 Å². The van der Waals surface area contributed by atoms with Crippen molar-refractivity contribution >= 4 is 47.4 Å². The molecule has 1 saturated heterocycles. The molecular formula is C40H41N5O9. The van der Waals surface area contributed by atoms with Crippen LogP contribution in [0.2, 0.25) is 0 Å². The van der Waals surface area contributed by atoms with Gasteiger partial charge in [-0.1, -0.05) is 73.2 Å². The standard InChI is InChI=1S/C21H19N3O6.C18H18N2O3.CH4/c1-22-20(27)23-12-6-7-15-13-4-2-3-5-14(13)17(16(15)10-12)11-29-21(28)30-24-18(25)8-9-19(24)26;1-11(21)23-10-17-14-6-4-3-5-13(14)15-8-7-12(9-16(15)17)20-18(22)19-2;/h2-7,10,17H,8-9,11H2,1H3,(H2,22,23,27);3-9,17H,10H2,1-2H3,(H2,19,20,22);1H4. The van der Waals surface area contributed by atoms with E-state index in [-0.39, 0.29) is 56.7 Å². The van der Waals surface area contributed by atoms with E-state index in [1.54, 1.807) is 13.1 Å². The zero-order chi connectivity index (χ0) is 37.6. The van der Waals surface area contributed by atoms with Crippen LogP contribution in [-0.4, -0.2) is 68.4 Å². The van der Waals surface area contributed by atoms with E-state index in [9.17, 15) is 28.8 Å². The highest BCUT2D eigenvalue weighted by molar-refractivity contribution is 6.01. The summed E-state index contributed by atoms with van der Waals surface area (Å²) in [5.74, 6) is -1.75. The lowest BCUT2D eigenvalue weighted by Gasteiger charge is -2.16. The third kappa shape index (κ3) is 8.17. The van der Waals surface area contributed by atoms with Crippen molar-refractivity contribution in [2.45, 2.75) is 39.0 Å². The molecule has 0 bridgehead atoms. The van der Waals surface area contributed by atoms with Crippen molar-refractivity contribution in [3.63, 3.8) is 0 Å². The van der Waals surface area contributed by atoms with Crippen LogP contribution in [-0.2, 0) is 28.7 Å². The summed E-state index contributed by atoms with van der Waals surface area (Å²) in [6, 6.07) is 26.5. The number of nitrogens with zero attached hydrogens (tertiary/aromatic N) is 1. The fourth-order valence-electron chi connectivity index (χ4n) is 6.63. The van der Waals surface area contributed by atoms with Crippen LogP contribution in [0, 0.1) is 0 Å². The van der Waals surface area contributed by atoms with Crippen molar-refractivity contribution in [3.05, 3.63) is 107 Å². The Morgan fingerprint density at radius 1 is 0.630 bits per heavy atom. The Bertz CT molecular complexity index is 2100. The second kappa shape index (κ2) is 16.8. The monoisotopic (exact) mass is 735 g/mol. The number of benzene rings is 4. The van der Waals surface area contributed by atoms with Gasteiger partial charge < -0.3 is 30.7 Å². The van der Waals surface area contributed by atoms with Crippen LogP contribution < -0.4 is 21.3 Å². The fourth-order valence-corrected chi connectivity index (χ4v) is 6.63. The maximum atomic E-state index is 12.1. The predicted octanol–water partition coefficient (Wildman–Crippen LogP) is 6.52. The maximum absolute atomic E-state index is 12.1. The van der Waals surface area contributed by atoms with Gasteiger partial charge in [0.15, 0.2) is 0 Å². The quantitative estimate of drug-likeness (QED) is 0.121. The lowest BCUT2D eigenvalue weighted by atomic mass is 9.97. The smallest absolute Gasteiger partial charge is 0.465 e. The molecule has 2 atom stereocenters. The molecule has 280 valence electrons. The van der Waals surface area contributed by atoms with Crippen LogP contribution in [0.25, 0.3) is 22.3 Å². The molecule has 4 aromatic carbocycles. The number of imide groups is 1. The molecule has 0 radical (unpaired) electrons. The first-order valence-electron chi connectivity index (χ1n) is 16.9. The Labute approximate surface area is 312 Å². The molecule has 7 rings (SSSR count). The van der Waals surface area contributed by atoms with E-state index in [1.165, 1.54) is 14.0 Å². The number of hydrogen-bond donors (Lipinski definition) is 4. The van der Waals surface area contributed by atoms with Crippen molar-refractivity contribution in [3.8, 4) is 22.3 Å². The molecule has 14 heteroatoms. The van der Waals surface area contributed by atoms with Gasteiger partial charge in [0.1, 0.15) is 13.2 Å². The first kappa shape index (κ1) is 38.5. The highest BCUT2D eigenvalue weighted by atomic mass is 16.8. The van der Waals surface area contributed by atoms with Gasteiger partial charge in [0.2, 0.25) is 0 Å². The van der Waals surface area contributed by atoms with E-state index >= 15 is 0 Å². The third-order valence-electron chi connectivity index (χ3n) is 9.07. The number of amides is 6. The van der Waals surface area contributed by atoms with E-state index < -0.39 is 18.0 Å². The van der Waals surface area contributed by atoms with Gasteiger partial charge in [-0.2, -0.15) is 0 Å². The van der Waals surface area contributed by atoms with Crippen LogP contribution in [0.3, 0.4) is 0 Å². The molecule has 0 aromatic heterocycles. The molecule has 0 spiro atoms. The molecule has 2 unspecified atom stereocenters. The highest BCUT2D eigenvalue weighted by Crippen LogP contribution is 2.47. The molecule has 1 aliphatic heterocycles. The Hall–Kier alpha value is -6.70. The zero-order valence-corrected chi connectivity index (χ0v) is 29.2. The van der Waals surface area contributed by atoms with Crippen LogP contribution in [0.1, 0.15) is 61.3 Å².